The van der Waals surface area contributed by atoms with Gasteiger partial charge in [-0.25, -0.2) is 0 Å². The summed E-state index contributed by atoms with van der Waals surface area (Å²) in [7, 11) is 3.59. The average Bonchev–Trinajstić information content (AvgIpc) is 2.36. The lowest BCUT2D eigenvalue weighted by Crippen LogP contribution is -2.30. The fraction of sp³-hybridized carbons (Fsp3) is 0.429. The van der Waals surface area contributed by atoms with E-state index >= 15 is 0 Å². The SMILES string of the molecule is CNCC(COC)OC/C=C/c1ccccc1. The van der Waals surface area contributed by atoms with Gasteiger partial charge < -0.3 is 14.8 Å². The predicted octanol–water partition coefficient (Wildman–Crippen LogP) is 1.95. The smallest absolute Gasteiger partial charge is 0.0936 e. The zero-order chi connectivity index (χ0) is 12.3. The Balaban J connectivity index is 2.28. The van der Waals surface area contributed by atoms with E-state index < -0.39 is 0 Å². The first-order valence-corrected chi connectivity index (χ1v) is 5.83. The molecule has 17 heavy (non-hydrogen) atoms. The van der Waals surface area contributed by atoms with Crippen molar-refractivity contribution in [1.82, 2.24) is 5.32 Å². The zero-order valence-electron chi connectivity index (χ0n) is 10.6. The predicted molar refractivity (Wildman–Crippen MR) is 71.0 cm³/mol. The van der Waals surface area contributed by atoms with E-state index in [1.165, 1.54) is 5.56 Å². The quantitative estimate of drug-likeness (QED) is 0.747. The molecule has 0 aliphatic carbocycles. The van der Waals surface area contributed by atoms with Gasteiger partial charge in [0.1, 0.15) is 0 Å². The van der Waals surface area contributed by atoms with Crippen LogP contribution in [0.25, 0.3) is 6.08 Å². The van der Waals surface area contributed by atoms with Crippen LogP contribution in [-0.2, 0) is 9.47 Å². The molecular weight excluding hydrogens is 214 g/mol. The van der Waals surface area contributed by atoms with Crippen LogP contribution < -0.4 is 5.32 Å². The lowest BCUT2D eigenvalue weighted by molar-refractivity contribution is 0.0132. The van der Waals surface area contributed by atoms with Crippen molar-refractivity contribution in [1.29, 1.82) is 0 Å². The van der Waals surface area contributed by atoms with E-state index in [2.05, 4.69) is 23.5 Å². The second-order valence-corrected chi connectivity index (χ2v) is 3.78. The third-order valence-electron chi connectivity index (χ3n) is 2.32. The first-order chi connectivity index (χ1) is 8.36. The summed E-state index contributed by atoms with van der Waals surface area (Å²) in [6.07, 6.45) is 4.18. The lowest BCUT2D eigenvalue weighted by atomic mass is 10.2. The molecule has 1 aromatic carbocycles. The Labute approximate surface area is 103 Å². The van der Waals surface area contributed by atoms with Gasteiger partial charge in [-0.2, -0.15) is 0 Å². The van der Waals surface area contributed by atoms with Crippen molar-refractivity contribution in [2.24, 2.45) is 0 Å². The van der Waals surface area contributed by atoms with Gasteiger partial charge in [-0.05, 0) is 12.6 Å². The fourth-order valence-electron chi connectivity index (χ4n) is 1.52. The minimum atomic E-state index is 0.102. The number of benzene rings is 1. The number of nitrogens with one attached hydrogen (secondary N) is 1. The molecule has 3 nitrogen and oxygen atoms in total. The van der Waals surface area contributed by atoms with E-state index in [0.29, 0.717) is 13.2 Å². The first-order valence-electron chi connectivity index (χ1n) is 5.83. The Morgan fingerprint density at radius 2 is 2.06 bits per heavy atom. The van der Waals surface area contributed by atoms with Crippen molar-refractivity contribution in [3.05, 3.63) is 42.0 Å². The van der Waals surface area contributed by atoms with Crippen molar-refractivity contribution < 1.29 is 9.47 Å². The third-order valence-corrected chi connectivity index (χ3v) is 2.32. The van der Waals surface area contributed by atoms with Crippen LogP contribution in [0.4, 0.5) is 0 Å². The Kier molecular flexibility index (Phi) is 7.30. The highest BCUT2D eigenvalue weighted by atomic mass is 16.5. The van der Waals surface area contributed by atoms with E-state index in [4.69, 9.17) is 9.47 Å². The monoisotopic (exact) mass is 235 g/mol. The topological polar surface area (TPSA) is 30.5 Å². The van der Waals surface area contributed by atoms with Gasteiger partial charge in [-0.1, -0.05) is 42.5 Å². The van der Waals surface area contributed by atoms with Gasteiger partial charge in [0.15, 0.2) is 0 Å². The number of hydrogen-bond donors (Lipinski definition) is 1. The average molecular weight is 235 g/mol. The summed E-state index contributed by atoms with van der Waals surface area (Å²) in [4.78, 5) is 0. The van der Waals surface area contributed by atoms with Gasteiger partial charge in [-0.15, -0.1) is 0 Å². The molecule has 0 amide bonds. The molecule has 0 aromatic heterocycles. The second kappa shape index (κ2) is 8.93. The Hall–Kier alpha value is -1.16. The molecule has 94 valence electrons. The van der Waals surface area contributed by atoms with Crippen molar-refractivity contribution in [2.75, 3.05) is 33.9 Å². The Morgan fingerprint density at radius 3 is 2.71 bits per heavy atom. The van der Waals surface area contributed by atoms with E-state index in [1.54, 1.807) is 7.11 Å². The standard InChI is InChI=1S/C14H21NO2/c1-15-11-14(12-16-2)17-10-6-9-13-7-4-3-5-8-13/h3-9,14-15H,10-12H2,1-2H3/b9-6+. The van der Waals surface area contributed by atoms with E-state index in [9.17, 15) is 0 Å². The summed E-state index contributed by atoms with van der Waals surface area (Å²) < 4.78 is 10.8. The van der Waals surface area contributed by atoms with Crippen molar-refractivity contribution in [2.45, 2.75) is 6.10 Å². The van der Waals surface area contributed by atoms with Crippen LogP contribution in [0.15, 0.2) is 36.4 Å². The zero-order valence-corrected chi connectivity index (χ0v) is 10.6. The summed E-state index contributed by atoms with van der Waals surface area (Å²) >= 11 is 0. The van der Waals surface area contributed by atoms with Gasteiger partial charge in [0.05, 0.1) is 19.3 Å². The fourth-order valence-corrected chi connectivity index (χ4v) is 1.52. The molecule has 0 heterocycles. The number of hydrogen-bond acceptors (Lipinski definition) is 3. The van der Waals surface area contributed by atoms with Gasteiger partial charge in [0, 0.05) is 13.7 Å². The van der Waals surface area contributed by atoms with Gasteiger partial charge in [0.2, 0.25) is 0 Å². The van der Waals surface area contributed by atoms with Crippen LogP contribution >= 0.6 is 0 Å². The molecule has 1 atom stereocenters. The molecule has 0 bridgehead atoms. The van der Waals surface area contributed by atoms with Gasteiger partial charge in [-0.3, -0.25) is 0 Å². The van der Waals surface area contributed by atoms with Gasteiger partial charge >= 0.3 is 0 Å². The van der Waals surface area contributed by atoms with Crippen molar-refractivity contribution in [3.8, 4) is 0 Å². The molecule has 1 aromatic rings. The Bertz CT molecular complexity index is 305. The number of likely N-dealkylation sites (N-methyl/N-ethyl adjacent to an activating group) is 1. The van der Waals surface area contributed by atoms with Crippen molar-refractivity contribution >= 4 is 6.08 Å². The highest BCUT2D eigenvalue weighted by molar-refractivity contribution is 5.48. The summed E-state index contributed by atoms with van der Waals surface area (Å²) in [5, 5.41) is 3.08. The molecule has 0 saturated carbocycles. The van der Waals surface area contributed by atoms with Crippen molar-refractivity contribution in [3.63, 3.8) is 0 Å². The number of ether oxygens (including phenoxy) is 2. The van der Waals surface area contributed by atoms with Crippen LogP contribution in [0, 0.1) is 0 Å². The minimum absolute atomic E-state index is 0.102. The molecule has 0 radical (unpaired) electrons. The minimum Gasteiger partial charge on any atom is -0.382 e. The van der Waals surface area contributed by atoms with E-state index in [1.807, 2.05) is 31.3 Å². The normalized spacial score (nSPS) is 13.1. The Morgan fingerprint density at radius 1 is 1.29 bits per heavy atom. The maximum absolute atomic E-state index is 5.67. The molecular formula is C14H21NO2. The van der Waals surface area contributed by atoms with Crippen LogP contribution in [0.5, 0.6) is 0 Å². The van der Waals surface area contributed by atoms with Gasteiger partial charge in [0.25, 0.3) is 0 Å². The maximum atomic E-state index is 5.67. The van der Waals surface area contributed by atoms with E-state index in [-0.39, 0.29) is 6.10 Å². The molecule has 1 N–H and O–H groups in total. The van der Waals surface area contributed by atoms with Crippen LogP contribution in [0.2, 0.25) is 0 Å². The van der Waals surface area contributed by atoms with Crippen LogP contribution in [0.3, 0.4) is 0 Å². The molecule has 1 rings (SSSR count). The summed E-state index contributed by atoms with van der Waals surface area (Å²) in [6.45, 7) is 2.01. The maximum Gasteiger partial charge on any atom is 0.0936 e. The lowest BCUT2D eigenvalue weighted by Gasteiger charge is -2.15. The first kappa shape index (κ1) is 13.9. The highest BCUT2D eigenvalue weighted by Gasteiger charge is 2.05. The molecule has 1 unspecified atom stereocenters. The van der Waals surface area contributed by atoms with Crippen LogP contribution in [-0.4, -0.2) is 40.0 Å². The summed E-state index contributed by atoms with van der Waals surface area (Å²) in [6, 6.07) is 10.2. The number of methoxy groups -OCH3 is 1. The molecule has 0 spiro atoms. The summed E-state index contributed by atoms with van der Waals surface area (Å²) in [5.74, 6) is 0. The number of rotatable bonds is 8. The largest absolute Gasteiger partial charge is 0.382 e. The molecule has 3 heteroatoms. The highest BCUT2D eigenvalue weighted by Crippen LogP contribution is 2.01. The molecule has 0 fully saturated rings. The molecule has 0 aliphatic heterocycles. The van der Waals surface area contributed by atoms with Crippen LogP contribution in [0.1, 0.15) is 5.56 Å². The molecule has 0 saturated heterocycles. The third kappa shape index (κ3) is 6.22. The summed E-state index contributed by atoms with van der Waals surface area (Å²) in [5.41, 5.74) is 1.19. The van der Waals surface area contributed by atoms with E-state index in [0.717, 1.165) is 6.54 Å². The molecule has 0 aliphatic rings. The second-order valence-electron chi connectivity index (χ2n) is 3.78.